The molecule has 0 aliphatic heterocycles. The van der Waals surface area contributed by atoms with E-state index in [1.807, 2.05) is 13.8 Å². The summed E-state index contributed by atoms with van der Waals surface area (Å²) >= 11 is 0. The van der Waals surface area contributed by atoms with Gasteiger partial charge in [-0.05, 0) is 39.7 Å². The van der Waals surface area contributed by atoms with Crippen LogP contribution < -0.4 is 5.73 Å². The number of hydrogen-bond acceptors (Lipinski definition) is 4. The normalized spacial score (nSPS) is 13.2. The summed E-state index contributed by atoms with van der Waals surface area (Å²) in [6.07, 6.45) is 3.33. The van der Waals surface area contributed by atoms with E-state index in [-0.39, 0.29) is 0 Å². The first-order valence-electron chi connectivity index (χ1n) is 7.37. The fourth-order valence-corrected chi connectivity index (χ4v) is 1.79. The smallest absolute Gasteiger partial charge is 0.0593 e. The Balaban J connectivity index is 3.73. The highest BCUT2D eigenvalue weighted by Crippen LogP contribution is 2.01. The second-order valence-electron chi connectivity index (χ2n) is 4.55. The Morgan fingerprint density at radius 2 is 1.50 bits per heavy atom. The van der Waals surface area contributed by atoms with Crippen molar-refractivity contribution >= 4 is 0 Å². The standard InChI is InChI=1S/C14H32N2O2/c1-4-14(15)8-7-9-16(10-12-17-5-2)11-13-18-6-3/h14H,4-13,15H2,1-3H3. The Morgan fingerprint density at radius 3 is 1.94 bits per heavy atom. The molecule has 0 saturated heterocycles. The van der Waals surface area contributed by atoms with Crippen LogP contribution in [-0.4, -0.2) is 57.0 Å². The molecule has 1 atom stereocenters. The van der Waals surface area contributed by atoms with Gasteiger partial charge in [-0.3, -0.25) is 4.90 Å². The third-order valence-electron chi connectivity index (χ3n) is 3.09. The van der Waals surface area contributed by atoms with Crippen molar-refractivity contribution in [2.45, 2.75) is 46.1 Å². The molecule has 0 aliphatic carbocycles. The summed E-state index contributed by atoms with van der Waals surface area (Å²) in [5.41, 5.74) is 5.93. The summed E-state index contributed by atoms with van der Waals surface area (Å²) < 4.78 is 10.8. The van der Waals surface area contributed by atoms with Gasteiger partial charge in [0.1, 0.15) is 0 Å². The summed E-state index contributed by atoms with van der Waals surface area (Å²) in [5.74, 6) is 0. The number of nitrogens with zero attached hydrogens (tertiary/aromatic N) is 1. The Morgan fingerprint density at radius 1 is 0.944 bits per heavy atom. The lowest BCUT2D eigenvalue weighted by Gasteiger charge is -2.22. The van der Waals surface area contributed by atoms with Crippen molar-refractivity contribution in [2.75, 3.05) is 46.1 Å². The van der Waals surface area contributed by atoms with Crippen molar-refractivity contribution in [2.24, 2.45) is 5.73 Å². The van der Waals surface area contributed by atoms with Gasteiger partial charge >= 0.3 is 0 Å². The van der Waals surface area contributed by atoms with Gasteiger partial charge in [0.2, 0.25) is 0 Å². The molecule has 18 heavy (non-hydrogen) atoms. The third kappa shape index (κ3) is 11.0. The molecule has 0 bridgehead atoms. The molecule has 0 rings (SSSR count). The molecule has 2 N–H and O–H groups in total. The van der Waals surface area contributed by atoms with E-state index in [1.165, 1.54) is 0 Å². The van der Waals surface area contributed by atoms with Crippen LogP contribution in [0.2, 0.25) is 0 Å². The lowest BCUT2D eigenvalue weighted by molar-refractivity contribution is 0.0819. The maximum absolute atomic E-state index is 5.93. The van der Waals surface area contributed by atoms with E-state index in [0.29, 0.717) is 6.04 Å². The predicted octanol–water partition coefficient (Wildman–Crippen LogP) is 1.88. The highest BCUT2D eigenvalue weighted by Gasteiger charge is 2.06. The summed E-state index contributed by atoms with van der Waals surface area (Å²) in [7, 11) is 0. The molecule has 0 aliphatic rings. The number of rotatable bonds is 13. The minimum absolute atomic E-state index is 0.352. The Bertz CT molecular complexity index is 158. The average Bonchev–Trinajstić information content (AvgIpc) is 2.38. The van der Waals surface area contributed by atoms with Gasteiger partial charge in [-0.25, -0.2) is 0 Å². The quantitative estimate of drug-likeness (QED) is 0.514. The van der Waals surface area contributed by atoms with Gasteiger partial charge in [-0.2, -0.15) is 0 Å². The molecule has 0 saturated carbocycles. The SMILES string of the molecule is CCOCCN(CCCC(N)CC)CCOCC. The number of ether oxygens (including phenoxy) is 2. The van der Waals surface area contributed by atoms with Crippen LogP contribution in [0, 0.1) is 0 Å². The van der Waals surface area contributed by atoms with Crippen LogP contribution in [0.1, 0.15) is 40.0 Å². The minimum Gasteiger partial charge on any atom is -0.380 e. The molecule has 0 amide bonds. The molecule has 0 aromatic heterocycles. The monoisotopic (exact) mass is 260 g/mol. The van der Waals surface area contributed by atoms with Crippen LogP contribution in [0.15, 0.2) is 0 Å². The molecule has 0 spiro atoms. The second-order valence-corrected chi connectivity index (χ2v) is 4.55. The molecule has 0 radical (unpaired) electrons. The Hall–Kier alpha value is -0.160. The molecular formula is C14H32N2O2. The van der Waals surface area contributed by atoms with Crippen LogP contribution >= 0.6 is 0 Å². The topological polar surface area (TPSA) is 47.7 Å². The summed E-state index contributed by atoms with van der Waals surface area (Å²) in [6, 6.07) is 0.352. The van der Waals surface area contributed by atoms with Crippen molar-refractivity contribution in [3.63, 3.8) is 0 Å². The van der Waals surface area contributed by atoms with E-state index in [1.54, 1.807) is 0 Å². The molecule has 110 valence electrons. The molecule has 1 unspecified atom stereocenters. The second kappa shape index (κ2) is 13.3. The minimum atomic E-state index is 0.352. The largest absolute Gasteiger partial charge is 0.380 e. The van der Waals surface area contributed by atoms with E-state index in [0.717, 1.165) is 65.3 Å². The maximum Gasteiger partial charge on any atom is 0.0593 e. The molecule has 0 aromatic rings. The van der Waals surface area contributed by atoms with Gasteiger partial charge in [-0.15, -0.1) is 0 Å². The number of hydrogen-bond donors (Lipinski definition) is 1. The zero-order valence-electron chi connectivity index (χ0n) is 12.5. The van der Waals surface area contributed by atoms with Gasteiger partial charge in [-0.1, -0.05) is 6.92 Å². The predicted molar refractivity (Wildman–Crippen MR) is 76.9 cm³/mol. The van der Waals surface area contributed by atoms with E-state index >= 15 is 0 Å². The van der Waals surface area contributed by atoms with Gasteiger partial charge < -0.3 is 15.2 Å². The Kier molecular flexibility index (Phi) is 13.2. The van der Waals surface area contributed by atoms with E-state index < -0.39 is 0 Å². The molecule has 0 aromatic carbocycles. The van der Waals surface area contributed by atoms with Crippen molar-refractivity contribution in [1.82, 2.24) is 4.90 Å². The van der Waals surface area contributed by atoms with Crippen LogP contribution in [-0.2, 0) is 9.47 Å². The van der Waals surface area contributed by atoms with Crippen molar-refractivity contribution < 1.29 is 9.47 Å². The molecule has 4 heteroatoms. The van der Waals surface area contributed by atoms with Crippen LogP contribution in [0.4, 0.5) is 0 Å². The first-order chi connectivity index (χ1) is 8.74. The fraction of sp³-hybridized carbons (Fsp3) is 1.00. The zero-order chi connectivity index (χ0) is 13.6. The number of nitrogens with two attached hydrogens (primary N) is 1. The Labute approximate surface area is 113 Å². The first-order valence-corrected chi connectivity index (χ1v) is 7.37. The molecule has 0 fully saturated rings. The van der Waals surface area contributed by atoms with E-state index in [2.05, 4.69) is 11.8 Å². The molecule has 4 nitrogen and oxygen atoms in total. The summed E-state index contributed by atoms with van der Waals surface area (Å²) in [5, 5.41) is 0. The van der Waals surface area contributed by atoms with Gasteiger partial charge in [0.25, 0.3) is 0 Å². The maximum atomic E-state index is 5.93. The summed E-state index contributed by atoms with van der Waals surface area (Å²) in [4.78, 5) is 2.41. The van der Waals surface area contributed by atoms with Crippen LogP contribution in [0.3, 0.4) is 0 Å². The molecule has 0 heterocycles. The lowest BCUT2D eigenvalue weighted by Crippen LogP contribution is -2.33. The highest BCUT2D eigenvalue weighted by molar-refractivity contribution is 4.62. The van der Waals surface area contributed by atoms with Gasteiger partial charge in [0, 0.05) is 32.3 Å². The fourth-order valence-electron chi connectivity index (χ4n) is 1.79. The van der Waals surface area contributed by atoms with Crippen LogP contribution in [0.5, 0.6) is 0 Å². The van der Waals surface area contributed by atoms with Gasteiger partial charge in [0.05, 0.1) is 13.2 Å². The molecular weight excluding hydrogens is 228 g/mol. The first kappa shape index (κ1) is 17.8. The highest BCUT2D eigenvalue weighted by atomic mass is 16.5. The third-order valence-corrected chi connectivity index (χ3v) is 3.09. The van der Waals surface area contributed by atoms with Crippen molar-refractivity contribution in [3.8, 4) is 0 Å². The van der Waals surface area contributed by atoms with E-state index in [4.69, 9.17) is 15.2 Å². The zero-order valence-corrected chi connectivity index (χ0v) is 12.5. The van der Waals surface area contributed by atoms with Crippen molar-refractivity contribution in [3.05, 3.63) is 0 Å². The van der Waals surface area contributed by atoms with Crippen molar-refractivity contribution in [1.29, 1.82) is 0 Å². The lowest BCUT2D eigenvalue weighted by atomic mass is 10.1. The summed E-state index contributed by atoms with van der Waals surface area (Å²) in [6.45, 7) is 12.5. The average molecular weight is 260 g/mol. The van der Waals surface area contributed by atoms with Gasteiger partial charge in [0.15, 0.2) is 0 Å². The van der Waals surface area contributed by atoms with Crippen LogP contribution in [0.25, 0.3) is 0 Å². The van der Waals surface area contributed by atoms with E-state index in [9.17, 15) is 0 Å².